The Morgan fingerprint density at radius 3 is 2.00 bits per heavy atom. The lowest BCUT2D eigenvalue weighted by atomic mass is 10.1. The molecule has 0 aliphatic carbocycles. The van der Waals surface area contributed by atoms with Crippen LogP contribution in [0.1, 0.15) is 51.5 Å². The van der Waals surface area contributed by atoms with E-state index in [0.717, 1.165) is 25.7 Å². The van der Waals surface area contributed by atoms with Crippen LogP contribution in [0.5, 0.6) is 17.2 Å². The fraction of sp³-hybridized carbons (Fsp3) is 0.524. The van der Waals surface area contributed by atoms with Gasteiger partial charge in [0, 0.05) is 0 Å². The zero-order chi connectivity index (χ0) is 20.2. The van der Waals surface area contributed by atoms with Crippen molar-refractivity contribution in [1.82, 2.24) is 0 Å². The largest absolute Gasteiger partial charge is 0.493 e. The van der Waals surface area contributed by atoms with Crippen LogP contribution in [0.4, 0.5) is 0 Å². The summed E-state index contributed by atoms with van der Waals surface area (Å²) < 4.78 is 21.1. The highest BCUT2D eigenvalue weighted by Crippen LogP contribution is 2.38. The first-order chi connectivity index (χ1) is 13.0. The van der Waals surface area contributed by atoms with Crippen LogP contribution in [0, 0.1) is 0 Å². The summed E-state index contributed by atoms with van der Waals surface area (Å²) >= 11 is 0. The molecule has 0 aromatic heterocycles. The molecule has 1 aromatic rings. The van der Waals surface area contributed by atoms with Crippen LogP contribution in [0.15, 0.2) is 17.7 Å². The summed E-state index contributed by atoms with van der Waals surface area (Å²) in [6.45, 7) is 3.79. The van der Waals surface area contributed by atoms with E-state index in [4.69, 9.17) is 18.9 Å². The van der Waals surface area contributed by atoms with E-state index in [1.807, 2.05) is 0 Å². The molecule has 0 aliphatic rings. The Balaban J connectivity index is 2.95. The Labute approximate surface area is 161 Å². The lowest BCUT2D eigenvalue weighted by molar-refractivity contribution is -0.140. The van der Waals surface area contributed by atoms with E-state index in [1.165, 1.54) is 40.7 Å². The van der Waals surface area contributed by atoms with Gasteiger partial charge in [-0.25, -0.2) is 4.79 Å². The number of carbonyl (C=O) groups excluding carboxylic acids is 2. The zero-order valence-electron chi connectivity index (χ0n) is 16.9. The number of rotatable bonds is 12. The molecular formula is C21H30O6. The monoisotopic (exact) mass is 378 g/mol. The van der Waals surface area contributed by atoms with Gasteiger partial charge >= 0.3 is 5.97 Å². The van der Waals surface area contributed by atoms with Gasteiger partial charge in [-0.2, -0.15) is 0 Å². The topological polar surface area (TPSA) is 71.1 Å². The van der Waals surface area contributed by atoms with Crippen molar-refractivity contribution in [2.24, 2.45) is 0 Å². The van der Waals surface area contributed by atoms with E-state index >= 15 is 0 Å². The van der Waals surface area contributed by atoms with Crippen LogP contribution in [0.2, 0.25) is 0 Å². The molecule has 0 saturated heterocycles. The number of unbranched alkanes of at least 4 members (excludes halogenated alkanes) is 4. The quantitative estimate of drug-likeness (QED) is 0.178. The first-order valence-electron chi connectivity index (χ1n) is 9.18. The lowest BCUT2D eigenvalue weighted by Gasteiger charge is -2.13. The van der Waals surface area contributed by atoms with Gasteiger partial charge in [-0.05, 0) is 37.1 Å². The predicted octanol–water partition coefficient (Wildman–Crippen LogP) is 4.20. The van der Waals surface area contributed by atoms with Crippen molar-refractivity contribution in [2.45, 2.75) is 46.0 Å². The second-order valence-corrected chi connectivity index (χ2v) is 6.12. The molecule has 0 amide bonds. The van der Waals surface area contributed by atoms with Gasteiger partial charge in [0.15, 0.2) is 17.3 Å². The molecule has 27 heavy (non-hydrogen) atoms. The molecule has 6 heteroatoms. The van der Waals surface area contributed by atoms with Crippen LogP contribution in [0.3, 0.4) is 0 Å². The van der Waals surface area contributed by atoms with Gasteiger partial charge in [0.05, 0.1) is 27.9 Å². The third-order valence-electron chi connectivity index (χ3n) is 4.08. The minimum Gasteiger partial charge on any atom is -0.493 e. The summed E-state index contributed by atoms with van der Waals surface area (Å²) in [6, 6.07) is 3.34. The predicted molar refractivity (Wildman–Crippen MR) is 104 cm³/mol. The second-order valence-electron chi connectivity index (χ2n) is 6.12. The molecule has 0 heterocycles. The molecule has 0 saturated carbocycles. The van der Waals surface area contributed by atoms with Gasteiger partial charge in [0.1, 0.15) is 5.57 Å². The smallest absolute Gasteiger partial charge is 0.341 e. The first-order valence-corrected chi connectivity index (χ1v) is 9.18. The number of methoxy groups -OCH3 is 3. The first kappa shape index (κ1) is 22.5. The number of ether oxygens (including phenoxy) is 4. The average molecular weight is 378 g/mol. The number of Topliss-reactive ketones (excluding diaryl/α,β-unsaturated/α-hetero) is 1. The highest BCUT2D eigenvalue weighted by Gasteiger charge is 2.18. The zero-order valence-corrected chi connectivity index (χ0v) is 16.9. The van der Waals surface area contributed by atoms with Crippen LogP contribution in [-0.2, 0) is 14.3 Å². The molecule has 1 aromatic carbocycles. The minimum absolute atomic E-state index is 0.0159. The fourth-order valence-corrected chi connectivity index (χ4v) is 2.60. The normalized spacial score (nSPS) is 11.1. The van der Waals surface area contributed by atoms with E-state index in [1.54, 1.807) is 12.1 Å². The van der Waals surface area contributed by atoms with Gasteiger partial charge in [0.2, 0.25) is 5.75 Å². The summed E-state index contributed by atoms with van der Waals surface area (Å²) in [5.74, 6) is 0.341. The van der Waals surface area contributed by atoms with Crippen LogP contribution >= 0.6 is 0 Å². The number of benzene rings is 1. The number of esters is 1. The van der Waals surface area contributed by atoms with E-state index in [-0.39, 0.29) is 11.4 Å². The van der Waals surface area contributed by atoms with Crippen LogP contribution in [0.25, 0.3) is 6.08 Å². The van der Waals surface area contributed by atoms with Crippen molar-refractivity contribution in [3.63, 3.8) is 0 Å². The summed E-state index contributed by atoms with van der Waals surface area (Å²) in [7, 11) is 4.52. The van der Waals surface area contributed by atoms with Crippen LogP contribution in [-0.4, -0.2) is 39.7 Å². The lowest BCUT2D eigenvalue weighted by Crippen LogP contribution is -2.14. The highest BCUT2D eigenvalue weighted by atomic mass is 16.5. The Hall–Kier alpha value is -2.50. The van der Waals surface area contributed by atoms with Crippen molar-refractivity contribution in [2.75, 3.05) is 27.9 Å². The molecule has 1 rings (SSSR count). The molecule has 0 aliphatic heterocycles. The van der Waals surface area contributed by atoms with Gasteiger partial charge in [-0.1, -0.05) is 32.6 Å². The number of hydrogen-bond donors (Lipinski definition) is 0. The van der Waals surface area contributed by atoms with Gasteiger partial charge in [0.25, 0.3) is 0 Å². The Kier molecular flexibility index (Phi) is 10.0. The molecule has 0 fully saturated rings. The van der Waals surface area contributed by atoms with Crippen molar-refractivity contribution < 1.29 is 28.5 Å². The maximum Gasteiger partial charge on any atom is 0.341 e. The standard InChI is InChI=1S/C21H30O6/c1-6-7-8-9-10-11-27-21(23)17(15(2)22)12-16-13-18(24-3)20(26-5)19(14-16)25-4/h12-14H,6-11H2,1-5H3/b17-12+. The number of carbonyl (C=O) groups is 2. The number of hydrogen-bond acceptors (Lipinski definition) is 6. The summed E-state index contributed by atoms with van der Waals surface area (Å²) in [6.07, 6.45) is 6.73. The molecule has 0 atom stereocenters. The SMILES string of the molecule is CCCCCCCOC(=O)/C(=C/c1cc(OC)c(OC)c(OC)c1)C(C)=O. The summed E-state index contributed by atoms with van der Waals surface area (Å²) in [5.41, 5.74) is 0.562. The Morgan fingerprint density at radius 1 is 0.926 bits per heavy atom. The third kappa shape index (κ3) is 6.96. The Bertz CT molecular complexity index is 638. The van der Waals surface area contributed by atoms with Gasteiger partial charge < -0.3 is 18.9 Å². The molecule has 0 bridgehead atoms. The summed E-state index contributed by atoms with van der Waals surface area (Å²) in [5, 5.41) is 0. The summed E-state index contributed by atoms with van der Waals surface area (Å²) in [4.78, 5) is 24.3. The third-order valence-corrected chi connectivity index (χ3v) is 4.08. The molecular weight excluding hydrogens is 348 g/mol. The maximum absolute atomic E-state index is 12.3. The van der Waals surface area contributed by atoms with E-state index in [9.17, 15) is 9.59 Å². The molecule has 0 spiro atoms. The highest BCUT2D eigenvalue weighted by molar-refractivity contribution is 6.19. The molecule has 150 valence electrons. The maximum atomic E-state index is 12.3. The van der Waals surface area contributed by atoms with Crippen LogP contribution < -0.4 is 14.2 Å². The second kappa shape index (κ2) is 12.0. The number of ketones is 1. The van der Waals surface area contributed by atoms with Gasteiger partial charge in [-0.3, -0.25) is 4.79 Å². The van der Waals surface area contributed by atoms with Crippen molar-refractivity contribution in [3.8, 4) is 17.2 Å². The minimum atomic E-state index is -0.619. The van der Waals surface area contributed by atoms with Gasteiger partial charge in [-0.15, -0.1) is 0 Å². The van der Waals surface area contributed by atoms with Crippen molar-refractivity contribution >= 4 is 17.8 Å². The van der Waals surface area contributed by atoms with Crippen molar-refractivity contribution in [1.29, 1.82) is 0 Å². The molecule has 6 nitrogen and oxygen atoms in total. The average Bonchev–Trinajstić information content (AvgIpc) is 2.67. The van der Waals surface area contributed by atoms with E-state index < -0.39 is 5.97 Å². The van der Waals surface area contributed by atoms with E-state index in [2.05, 4.69) is 6.92 Å². The molecule has 0 N–H and O–H groups in total. The van der Waals surface area contributed by atoms with E-state index in [0.29, 0.717) is 29.4 Å². The molecule has 0 radical (unpaired) electrons. The fourth-order valence-electron chi connectivity index (χ4n) is 2.60. The Morgan fingerprint density at radius 2 is 1.52 bits per heavy atom. The van der Waals surface area contributed by atoms with Crippen molar-refractivity contribution in [3.05, 3.63) is 23.3 Å². The molecule has 0 unspecified atom stereocenters.